The van der Waals surface area contributed by atoms with E-state index in [-0.39, 0.29) is 43.0 Å². The third-order valence-corrected chi connectivity index (χ3v) is 6.15. The van der Waals surface area contributed by atoms with E-state index in [4.69, 9.17) is 32.7 Å². The second kappa shape index (κ2) is 7.62. The van der Waals surface area contributed by atoms with Crippen LogP contribution in [-0.2, 0) is 14.3 Å². The van der Waals surface area contributed by atoms with Gasteiger partial charge in [0.15, 0.2) is 0 Å². The normalized spacial score (nSPS) is 25.4. The van der Waals surface area contributed by atoms with Gasteiger partial charge < -0.3 is 19.3 Å². The molecule has 0 N–H and O–H groups in total. The number of carbonyl (C=O) groups is 2. The molecule has 1 aromatic carbocycles. The molecule has 2 aliphatic heterocycles. The molecule has 26 heavy (non-hydrogen) atoms. The summed E-state index contributed by atoms with van der Waals surface area (Å²) in [4.78, 5) is 28.3. The highest BCUT2D eigenvalue weighted by molar-refractivity contribution is 6.42. The Morgan fingerprint density at radius 2 is 2.04 bits per heavy atom. The number of hydrogen-bond donors (Lipinski definition) is 0. The van der Waals surface area contributed by atoms with Crippen LogP contribution in [-0.4, -0.2) is 67.6 Å². The maximum Gasteiger partial charge on any atom is 0.249 e. The molecule has 0 saturated carbocycles. The van der Waals surface area contributed by atoms with Crippen molar-refractivity contribution in [3.63, 3.8) is 0 Å². The number of piperazine rings is 1. The van der Waals surface area contributed by atoms with Gasteiger partial charge in [0.05, 0.1) is 23.2 Å². The van der Waals surface area contributed by atoms with Gasteiger partial charge in [-0.05, 0) is 25.5 Å². The zero-order valence-corrected chi connectivity index (χ0v) is 16.5. The summed E-state index contributed by atoms with van der Waals surface area (Å²) in [6.45, 7) is 2.56. The largest absolute Gasteiger partial charge is 0.496 e. The molecule has 0 aliphatic carbocycles. The molecule has 1 aromatic rings. The lowest BCUT2D eigenvalue weighted by molar-refractivity contribution is -0.152. The summed E-state index contributed by atoms with van der Waals surface area (Å²) in [5.74, 6) is 0.439. The molecule has 6 nitrogen and oxygen atoms in total. The van der Waals surface area contributed by atoms with Crippen LogP contribution in [0.2, 0.25) is 10.0 Å². The van der Waals surface area contributed by atoms with E-state index in [0.29, 0.717) is 28.8 Å². The Morgan fingerprint density at radius 1 is 1.31 bits per heavy atom. The van der Waals surface area contributed by atoms with Crippen LogP contribution in [0.1, 0.15) is 24.8 Å². The van der Waals surface area contributed by atoms with Crippen LogP contribution in [0.4, 0.5) is 0 Å². The molecule has 0 bridgehead atoms. The number of rotatable bonds is 4. The lowest BCUT2D eigenvalue weighted by atomic mass is 9.92. The number of fused-ring (bicyclic) bond motifs is 1. The molecule has 2 amide bonds. The average molecular weight is 401 g/mol. The molecule has 1 unspecified atom stereocenters. The zero-order chi connectivity index (χ0) is 19.0. The fourth-order valence-electron chi connectivity index (χ4n) is 4.04. The maximum atomic E-state index is 12.6. The third-order valence-electron chi connectivity index (χ3n) is 5.33. The highest BCUT2D eigenvalue weighted by Gasteiger charge is 2.47. The molecule has 142 valence electrons. The molecule has 2 fully saturated rings. The van der Waals surface area contributed by atoms with Gasteiger partial charge in [0.1, 0.15) is 18.9 Å². The number of carbonyl (C=O) groups excluding carboxylic acids is 2. The van der Waals surface area contributed by atoms with Crippen molar-refractivity contribution in [3.8, 4) is 5.75 Å². The summed E-state index contributed by atoms with van der Waals surface area (Å²) in [7, 11) is 3.06. The molecule has 2 heterocycles. The minimum atomic E-state index is -0.171. The quantitative estimate of drug-likeness (QED) is 0.778. The Bertz CT molecular complexity index is 727. The molecule has 0 radical (unpaired) electrons. The Labute approximate surface area is 162 Å². The monoisotopic (exact) mass is 400 g/mol. The van der Waals surface area contributed by atoms with Crippen LogP contribution < -0.4 is 4.74 Å². The number of benzene rings is 1. The smallest absolute Gasteiger partial charge is 0.249 e. The predicted molar refractivity (Wildman–Crippen MR) is 98.9 cm³/mol. The number of nitrogens with zero attached hydrogens (tertiary/aromatic N) is 2. The summed E-state index contributed by atoms with van der Waals surface area (Å²) in [6, 6.07) is 3.33. The van der Waals surface area contributed by atoms with Crippen LogP contribution in [0.25, 0.3) is 0 Å². The van der Waals surface area contributed by atoms with Crippen molar-refractivity contribution in [2.24, 2.45) is 0 Å². The minimum absolute atomic E-state index is 0.00465. The van der Waals surface area contributed by atoms with Crippen LogP contribution >= 0.6 is 23.2 Å². The highest BCUT2D eigenvalue weighted by Crippen LogP contribution is 2.45. The molecule has 0 aromatic heterocycles. The van der Waals surface area contributed by atoms with E-state index in [1.165, 1.54) is 7.11 Å². The summed E-state index contributed by atoms with van der Waals surface area (Å²) >= 11 is 12.6. The van der Waals surface area contributed by atoms with Crippen molar-refractivity contribution < 1.29 is 19.1 Å². The highest BCUT2D eigenvalue weighted by atomic mass is 35.5. The standard InChI is InChI=1S/C18H22Cl2N2O4/c1-10-13-6-11(17-14(26-3)5-4-12(19)18(17)20)7-22(13)15(23)8-21(10)16(24)9-25-2/h4-5,10-11,13H,6-9H2,1-3H3/t10?,11-,13-/m0/s1. The minimum Gasteiger partial charge on any atom is -0.496 e. The number of methoxy groups -OCH3 is 2. The first-order valence-electron chi connectivity index (χ1n) is 8.48. The number of ether oxygens (including phenoxy) is 2. The van der Waals surface area contributed by atoms with E-state index < -0.39 is 0 Å². The van der Waals surface area contributed by atoms with Gasteiger partial charge in [0, 0.05) is 31.2 Å². The molecule has 2 saturated heterocycles. The maximum absolute atomic E-state index is 12.6. The van der Waals surface area contributed by atoms with Crippen LogP contribution in [0.15, 0.2) is 12.1 Å². The molecule has 2 aliphatic rings. The number of amides is 2. The zero-order valence-electron chi connectivity index (χ0n) is 15.0. The Hall–Kier alpha value is -1.50. The van der Waals surface area contributed by atoms with Crippen molar-refractivity contribution in [1.82, 2.24) is 9.80 Å². The van der Waals surface area contributed by atoms with Gasteiger partial charge in [0.2, 0.25) is 11.8 Å². The van der Waals surface area contributed by atoms with Gasteiger partial charge in [-0.2, -0.15) is 0 Å². The molecule has 8 heteroatoms. The lowest BCUT2D eigenvalue weighted by Gasteiger charge is -2.42. The predicted octanol–water partition coefficient (Wildman–Crippen LogP) is 2.56. The van der Waals surface area contributed by atoms with Gasteiger partial charge in [0.25, 0.3) is 0 Å². The van der Waals surface area contributed by atoms with Gasteiger partial charge in [-0.15, -0.1) is 0 Å². The fourth-order valence-corrected chi connectivity index (χ4v) is 4.51. The van der Waals surface area contributed by atoms with Crippen LogP contribution in [0.5, 0.6) is 5.75 Å². The Morgan fingerprint density at radius 3 is 2.69 bits per heavy atom. The van der Waals surface area contributed by atoms with Gasteiger partial charge in [-0.3, -0.25) is 9.59 Å². The van der Waals surface area contributed by atoms with E-state index in [2.05, 4.69) is 0 Å². The van der Waals surface area contributed by atoms with Crippen molar-refractivity contribution in [1.29, 1.82) is 0 Å². The lowest BCUT2D eigenvalue weighted by Crippen LogP contribution is -2.60. The third kappa shape index (κ3) is 3.26. The summed E-state index contributed by atoms with van der Waals surface area (Å²) in [5, 5.41) is 0.923. The van der Waals surface area contributed by atoms with Gasteiger partial charge in [-0.1, -0.05) is 23.2 Å². The van der Waals surface area contributed by atoms with Crippen molar-refractivity contribution in [2.75, 3.05) is 33.9 Å². The molecule has 3 atom stereocenters. The van der Waals surface area contributed by atoms with Crippen LogP contribution in [0, 0.1) is 0 Å². The van der Waals surface area contributed by atoms with Gasteiger partial charge >= 0.3 is 0 Å². The molecular weight excluding hydrogens is 379 g/mol. The van der Waals surface area contributed by atoms with Crippen LogP contribution in [0.3, 0.4) is 0 Å². The fraction of sp³-hybridized carbons (Fsp3) is 0.556. The van der Waals surface area contributed by atoms with E-state index in [1.54, 1.807) is 24.1 Å². The average Bonchev–Trinajstić information content (AvgIpc) is 3.06. The first-order chi connectivity index (χ1) is 12.4. The molecule has 3 rings (SSSR count). The van der Waals surface area contributed by atoms with Gasteiger partial charge in [-0.25, -0.2) is 0 Å². The Kier molecular flexibility index (Phi) is 5.65. The van der Waals surface area contributed by atoms with E-state index in [1.807, 2.05) is 11.8 Å². The van der Waals surface area contributed by atoms with E-state index >= 15 is 0 Å². The molecule has 0 spiro atoms. The topological polar surface area (TPSA) is 59.1 Å². The summed E-state index contributed by atoms with van der Waals surface area (Å²) < 4.78 is 10.4. The van der Waals surface area contributed by atoms with E-state index in [0.717, 1.165) is 5.56 Å². The number of halogens is 2. The first-order valence-corrected chi connectivity index (χ1v) is 9.24. The summed E-state index contributed by atoms with van der Waals surface area (Å²) in [5.41, 5.74) is 0.825. The van der Waals surface area contributed by atoms with E-state index in [9.17, 15) is 9.59 Å². The number of hydrogen-bond acceptors (Lipinski definition) is 4. The van der Waals surface area contributed by atoms with Crippen molar-refractivity contribution >= 4 is 35.0 Å². The van der Waals surface area contributed by atoms with Crippen molar-refractivity contribution in [2.45, 2.75) is 31.3 Å². The Balaban J connectivity index is 1.89. The van der Waals surface area contributed by atoms with Crippen molar-refractivity contribution in [3.05, 3.63) is 27.7 Å². The second-order valence-corrected chi connectivity index (χ2v) is 7.50. The second-order valence-electron chi connectivity index (χ2n) is 6.72. The molecular formula is C18H22Cl2N2O4. The summed E-state index contributed by atoms with van der Waals surface area (Å²) in [6.07, 6.45) is 0.695. The SMILES string of the molecule is COCC(=O)N1CC(=O)N2C[C@@H](c3c(OC)ccc(Cl)c3Cl)C[C@H]2C1C. The first kappa shape index (κ1) is 19.3.